The number of carbonyl (C=O) groups excluding carboxylic acids is 1. The predicted octanol–water partition coefficient (Wildman–Crippen LogP) is 2.75. The number of rotatable bonds is 6. The van der Waals surface area contributed by atoms with Crippen LogP contribution in [0.2, 0.25) is 0 Å². The van der Waals surface area contributed by atoms with E-state index in [1.165, 1.54) is 4.31 Å². The Morgan fingerprint density at radius 1 is 1.14 bits per heavy atom. The summed E-state index contributed by atoms with van der Waals surface area (Å²) in [5.41, 5.74) is 1.00. The summed E-state index contributed by atoms with van der Waals surface area (Å²) in [6.45, 7) is 1.15. The largest absolute Gasteiger partial charge is 0.497 e. The minimum atomic E-state index is -3.57. The fraction of sp³-hybridized carbons (Fsp3) is 0.381. The fourth-order valence-corrected chi connectivity index (χ4v) is 5.04. The quantitative estimate of drug-likeness (QED) is 0.745. The van der Waals surface area contributed by atoms with Gasteiger partial charge in [-0.1, -0.05) is 30.3 Å². The van der Waals surface area contributed by atoms with Crippen molar-refractivity contribution in [1.29, 1.82) is 0 Å². The van der Waals surface area contributed by atoms with Gasteiger partial charge in [0.2, 0.25) is 15.9 Å². The molecule has 1 amide bonds. The van der Waals surface area contributed by atoms with Crippen molar-refractivity contribution >= 4 is 15.9 Å². The van der Waals surface area contributed by atoms with E-state index in [0.29, 0.717) is 25.9 Å². The first-order valence-electron chi connectivity index (χ1n) is 9.35. The zero-order valence-corrected chi connectivity index (χ0v) is 17.1. The van der Waals surface area contributed by atoms with E-state index in [4.69, 9.17) is 4.74 Å². The van der Waals surface area contributed by atoms with E-state index < -0.39 is 10.0 Å². The highest BCUT2D eigenvalue weighted by Gasteiger charge is 2.34. The molecule has 0 saturated carbocycles. The first-order valence-corrected chi connectivity index (χ1v) is 10.8. The van der Waals surface area contributed by atoms with Crippen molar-refractivity contribution in [1.82, 2.24) is 9.21 Å². The van der Waals surface area contributed by atoms with Crippen LogP contribution < -0.4 is 4.74 Å². The number of piperidine rings is 1. The molecule has 0 bridgehead atoms. The second-order valence-electron chi connectivity index (χ2n) is 7.06. The topological polar surface area (TPSA) is 66.9 Å². The first-order chi connectivity index (χ1) is 13.4. The average molecular weight is 403 g/mol. The number of hydrogen-bond donors (Lipinski definition) is 0. The molecule has 1 heterocycles. The summed E-state index contributed by atoms with van der Waals surface area (Å²) in [6, 6.07) is 16.0. The Hall–Kier alpha value is -2.38. The highest BCUT2D eigenvalue weighted by atomic mass is 32.2. The van der Waals surface area contributed by atoms with Gasteiger partial charge in [0.15, 0.2) is 0 Å². The Balaban J connectivity index is 1.66. The lowest BCUT2D eigenvalue weighted by Crippen LogP contribution is -2.45. The molecular formula is C21H26N2O4S. The lowest BCUT2D eigenvalue weighted by molar-refractivity contribution is -0.135. The Labute approximate surface area is 166 Å². The van der Waals surface area contributed by atoms with E-state index in [1.807, 2.05) is 24.3 Å². The molecule has 3 rings (SSSR count). The van der Waals surface area contributed by atoms with Crippen molar-refractivity contribution in [2.75, 3.05) is 27.2 Å². The minimum Gasteiger partial charge on any atom is -0.497 e. The minimum absolute atomic E-state index is 0.0243. The maximum absolute atomic E-state index is 12.9. The number of nitrogens with zero attached hydrogens (tertiary/aromatic N) is 2. The number of amides is 1. The standard InChI is InChI=1S/C21H26N2O4S/c1-22(15-17-10-12-19(27-2)13-11-17)21(24)18-7-6-14-23(16-18)28(25,26)20-8-4-3-5-9-20/h3-5,8-13,18H,6-7,14-16H2,1-2H3/t18-/m1/s1. The molecule has 28 heavy (non-hydrogen) atoms. The molecule has 2 aromatic carbocycles. The summed E-state index contributed by atoms with van der Waals surface area (Å²) < 4.78 is 32.3. The summed E-state index contributed by atoms with van der Waals surface area (Å²) in [4.78, 5) is 14.9. The van der Waals surface area contributed by atoms with Crippen molar-refractivity contribution in [3.63, 3.8) is 0 Å². The molecule has 1 saturated heterocycles. The van der Waals surface area contributed by atoms with Gasteiger partial charge in [-0.15, -0.1) is 0 Å². The SMILES string of the molecule is COc1ccc(CN(C)C(=O)[C@@H]2CCCN(S(=O)(=O)c3ccccc3)C2)cc1. The van der Waals surface area contributed by atoms with Crippen LogP contribution in [0.4, 0.5) is 0 Å². The van der Waals surface area contributed by atoms with E-state index in [0.717, 1.165) is 11.3 Å². The van der Waals surface area contributed by atoms with E-state index in [2.05, 4.69) is 0 Å². The van der Waals surface area contributed by atoms with Crippen molar-refractivity contribution < 1.29 is 17.9 Å². The number of methoxy groups -OCH3 is 1. The summed E-state index contributed by atoms with van der Waals surface area (Å²) in [7, 11) is -0.197. The summed E-state index contributed by atoms with van der Waals surface area (Å²) in [6.07, 6.45) is 1.38. The van der Waals surface area contributed by atoms with Crippen molar-refractivity contribution in [3.05, 3.63) is 60.2 Å². The van der Waals surface area contributed by atoms with Gasteiger partial charge in [0, 0.05) is 26.7 Å². The van der Waals surface area contributed by atoms with Gasteiger partial charge in [0.25, 0.3) is 0 Å². The van der Waals surface area contributed by atoms with E-state index >= 15 is 0 Å². The van der Waals surface area contributed by atoms with Crippen LogP contribution in [-0.4, -0.2) is 50.8 Å². The highest BCUT2D eigenvalue weighted by molar-refractivity contribution is 7.89. The second-order valence-corrected chi connectivity index (χ2v) is 9.00. The van der Waals surface area contributed by atoms with Crippen LogP contribution in [0, 0.1) is 5.92 Å². The van der Waals surface area contributed by atoms with Gasteiger partial charge in [-0.05, 0) is 42.7 Å². The summed E-state index contributed by atoms with van der Waals surface area (Å²) >= 11 is 0. The number of hydrogen-bond acceptors (Lipinski definition) is 4. The van der Waals surface area contributed by atoms with Gasteiger partial charge < -0.3 is 9.64 Å². The lowest BCUT2D eigenvalue weighted by Gasteiger charge is -2.33. The third-order valence-electron chi connectivity index (χ3n) is 5.07. The van der Waals surface area contributed by atoms with Gasteiger partial charge in [-0.3, -0.25) is 4.79 Å². The van der Waals surface area contributed by atoms with Crippen LogP contribution in [0.25, 0.3) is 0 Å². The molecule has 6 nitrogen and oxygen atoms in total. The van der Waals surface area contributed by atoms with Crippen molar-refractivity contribution in [2.24, 2.45) is 5.92 Å². The molecule has 7 heteroatoms. The Morgan fingerprint density at radius 3 is 2.46 bits per heavy atom. The molecule has 0 aromatic heterocycles. The van der Waals surface area contributed by atoms with Crippen LogP contribution in [0.3, 0.4) is 0 Å². The molecular weight excluding hydrogens is 376 g/mol. The number of carbonyl (C=O) groups is 1. The van der Waals surface area contributed by atoms with Crippen LogP contribution in [0.1, 0.15) is 18.4 Å². The molecule has 1 aliphatic rings. The van der Waals surface area contributed by atoms with Crippen LogP contribution >= 0.6 is 0 Å². The summed E-state index contributed by atoms with van der Waals surface area (Å²) in [5, 5.41) is 0. The highest BCUT2D eigenvalue weighted by Crippen LogP contribution is 2.25. The molecule has 1 fully saturated rings. The fourth-order valence-electron chi connectivity index (χ4n) is 3.50. The summed E-state index contributed by atoms with van der Waals surface area (Å²) in [5.74, 6) is 0.422. The molecule has 1 atom stereocenters. The zero-order valence-electron chi connectivity index (χ0n) is 16.2. The van der Waals surface area contributed by atoms with Crippen LogP contribution in [0.5, 0.6) is 5.75 Å². The zero-order chi connectivity index (χ0) is 20.1. The number of ether oxygens (including phenoxy) is 1. The van der Waals surface area contributed by atoms with Gasteiger partial charge in [-0.2, -0.15) is 4.31 Å². The Morgan fingerprint density at radius 2 is 1.82 bits per heavy atom. The van der Waals surface area contributed by atoms with Crippen molar-refractivity contribution in [3.8, 4) is 5.75 Å². The average Bonchev–Trinajstić information content (AvgIpc) is 2.74. The monoisotopic (exact) mass is 402 g/mol. The van der Waals surface area contributed by atoms with Crippen molar-refractivity contribution in [2.45, 2.75) is 24.3 Å². The molecule has 2 aromatic rings. The van der Waals surface area contributed by atoms with E-state index in [1.54, 1.807) is 49.4 Å². The molecule has 150 valence electrons. The number of benzene rings is 2. The maximum Gasteiger partial charge on any atom is 0.243 e. The van der Waals surface area contributed by atoms with E-state index in [-0.39, 0.29) is 23.3 Å². The maximum atomic E-state index is 12.9. The molecule has 1 aliphatic heterocycles. The lowest BCUT2D eigenvalue weighted by atomic mass is 9.98. The van der Waals surface area contributed by atoms with Crippen LogP contribution in [-0.2, 0) is 21.4 Å². The first kappa shape index (κ1) is 20.4. The Bertz CT molecular complexity index is 898. The van der Waals surface area contributed by atoms with Gasteiger partial charge in [-0.25, -0.2) is 8.42 Å². The van der Waals surface area contributed by atoms with Crippen LogP contribution in [0.15, 0.2) is 59.5 Å². The molecule has 0 unspecified atom stereocenters. The third-order valence-corrected chi connectivity index (χ3v) is 6.95. The molecule has 0 N–H and O–H groups in total. The van der Waals surface area contributed by atoms with E-state index in [9.17, 15) is 13.2 Å². The van der Waals surface area contributed by atoms with Gasteiger partial charge >= 0.3 is 0 Å². The second kappa shape index (κ2) is 8.75. The molecule has 0 radical (unpaired) electrons. The third kappa shape index (κ3) is 4.54. The molecule has 0 aliphatic carbocycles. The normalized spacial score (nSPS) is 17.9. The smallest absolute Gasteiger partial charge is 0.243 e. The number of sulfonamides is 1. The van der Waals surface area contributed by atoms with Gasteiger partial charge in [0.05, 0.1) is 17.9 Å². The Kier molecular flexibility index (Phi) is 6.36. The molecule has 0 spiro atoms. The predicted molar refractivity (Wildman–Crippen MR) is 107 cm³/mol. The van der Waals surface area contributed by atoms with Gasteiger partial charge in [0.1, 0.15) is 5.75 Å².